The molecule has 1 heterocycles. The summed E-state index contributed by atoms with van der Waals surface area (Å²) in [6.07, 6.45) is 6.37. The Morgan fingerprint density at radius 1 is 1.12 bits per heavy atom. The number of halogens is 1. The van der Waals surface area contributed by atoms with E-state index >= 15 is 0 Å². The van der Waals surface area contributed by atoms with E-state index in [0.717, 1.165) is 17.9 Å². The molecule has 0 radical (unpaired) electrons. The minimum Gasteiger partial charge on any atom is -0.381 e. The summed E-state index contributed by atoms with van der Waals surface area (Å²) < 4.78 is 13.5. The number of hydrogen-bond donors (Lipinski definition) is 2. The molecule has 1 aromatic carbocycles. The molecule has 3 heteroatoms. The van der Waals surface area contributed by atoms with Crippen LogP contribution in [0.1, 0.15) is 37.7 Å². The van der Waals surface area contributed by atoms with Crippen molar-refractivity contribution in [2.45, 2.75) is 44.6 Å². The maximum absolute atomic E-state index is 13.5. The van der Waals surface area contributed by atoms with Crippen LogP contribution in [0.15, 0.2) is 12.1 Å². The lowest BCUT2D eigenvalue weighted by Gasteiger charge is -2.43. The first-order valence-electron chi connectivity index (χ1n) is 6.51. The Balaban J connectivity index is 1.91. The average molecular weight is 234 g/mol. The molecule has 0 aromatic heterocycles. The standard InChI is InChI=1S/C14H19FN2/c1-10-7-13-12(8-11(10)15)16-9-14(17-13)5-3-2-4-6-14/h7-8,16-17H,2-6,9H2,1H3. The van der Waals surface area contributed by atoms with Gasteiger partial charge < -0.3 is 10.6 Å². The molecule has 0 bridgehead atoms. The zero-order chi connectivity index (χ0) is 11.9. The zero-order valence-electron chi connectivity index (χ0n) is 10.3. The summed E-state index contributed by atoms with van der Waals surface area (Å²) in [4.78, 5) is 0. The van der Waals surface area contributed by atoms with Crippen molar-refractivity contribution in [1.29, 1.82) is 0 Å². The van der Waals surface area contributed by atoms with Crippen LogP contribution in [0.2, 0.25) is 0 Å². The second kappa shape index (κ2) is 3.90. The molecule has 0 unspecified atom stereocenters. The van der Waals surface area contributed by atoms with E-state index in [0.29, 0.717) is 5.56 Å². The number of aryl methyl sites for hydroxylation is 1. The SMILES string of the molecule is Cc1cc2c(cc1F)NCC1(CCCCC1)N2. The third-order valence-corrected chi connectivity index (χ3v) is 4.13. The maximum atomic E-state index is 13.5. The third kappa shape index (κ3) is 1.88. The Bertz CT molecular complexity index is 436. The summed E-state index contributed by atoms with van der Waals surface area (Å²) in [6.45, 7) is 2.74. The topological polar surface area (TPSA) is 24.1 Å². The highest BCUT2D eigenvalue weighted by molar-refractivity contribution is 5.73. The van der Waals surface area contributed by atoms with Gasteiger partial charge in [0.25, 0.3) is 0 Å². The van der Waals surface area contributed by atoms with Gasteiger partial charge in [-0.05, 0) is 37.5 Å². The van der Waals surface area contributed by atoms with Crippen molar-refractivity contribution in [3.63, 3.8) is 0 Å². The summed E-state index contributed by atoms with van der Waals surface area (Å²) in [5.41, 5.74) is 2.89. The Morgan fingerprint density at radius 2 is 1.88 bits per heavy atom. The lowest BCUT2D eigenvalue weighted by Crippen LogP contribution is -2.49. The second-order valence-electron chi connectivity index (χ2n) is 5.47. The van der Waals surface area contributed by atoms with E-state index in [1.807, 2.05) is 13.0 Å². The van der Waals surface area contributed by atoms with E-state index < -0.39 is 0 Å². The molecule has 1 spiro atoms. The average Bonchev–Trinajstić information content (AvgIpc) is 2.33. The molecule has 92 valence electrons. The summed E-state index contributed by atoms with van der Waals surface area (Å²) in [6, 6.07) is 3.53. The first-order valence-corrected chi connectivity index (χ1v) is 6.51. The molecule has 1 fully saturated rings. The van der Waals surface area contributed by atoms with Crippen molar-refractivity contribution in [3.8, 4) is 0 Å². The number of anilines is 2. The fraction of sp³-hybridized carbons (Fsp3) is 0.571. The molecule has 2 aliphatic rings. The van der Waals surface area contributed by atoms with Crippen LogP contribution in [-0.4, -0.2) is 12.1 Å². The molecule has 1 aliphatic carbocycles. The molecule has 17 heavy (non-hydrogen) atoms. The van der Waals surface area contributed by atoms with Crippen LogP contribution in [0.5, 0.6) is 0 Å². The number of rotatable bonds is 0. The van der Waals surface area contributed by atoms with Crippen molar-refractivity contribution in [1.82, 2.24) is 0 Å². The normalized spacial score (nSPS) is 21.5. The van der Waals surface area contributed by atoms with Gasteiger partial charge in [-0.25, -0.2) is 4.39 Å². The first kappa shape index (κ1) is 10.9. The van der Waals surface area contributed by atoms with Gasteiger partial charge in [-0.1, -0.05) is 19.3 Å². The Hall–Kier alpha value is -1.25. The molecular weight excluding hydrogens is 215 g/mol. The van der Waals surface area contributed by atoms with E-state index in [2.05, 4.69) is 10.6 Å². The zero-order valence-corrected chi connectivity index (χ0v) is 10.3. The lowest BCUT2D eigenvalue weighted by molar-refractivity contribution is 0.334. The minimum atomic E-state index is -0.127. The van der Waals surface area contributed by atoms with Crippen LogP contribution in [0.3, 0.4) is 0 Å². The minimum absolute atomic E-state index is 0.127. The molecule has 1 aromatic rings. The smallest absolute Gasteiger partial charge is 0.128 e. The van der Waals surface area contributed by atoms with Crippen molar-refractivity contribution in [3.05, 3.63) is 23.5 Å². The highest BCUT2D eigenvalue weighted by Crippen LogP contribution is 2.38. The predicted octanol–water partition coefficient (Wildman–Crippen LogP) is 3.67. The summed E-state index contributed by atoms with van der Waals surface area (Å²) in [5, 5.41) is 7.04. The third-order valence-electron chi connectivity index (χ3n) is 4.13. The molecule has 2 N–H and O–H groups in total. The van der Waals surface area contributed by atoms with Crippen LogP contribution < -0.4 is 10.6 Å². The molecule has 0 amide bonds. The second-order valence-corrected chi connectivity index (χ2v) is 5.47. The maximum Gasteiger partial charge on any atom is 0.128 e. The van der Waals surface area contributed by atoms with Crippen LogP contribution in [0, 0.1) is 12.7 Å². The Labute approximate surface area is 102 Å². The quantitative estimate of drug-likeness (QED) is 0.715. The Morgan fingerprint density at radius 3 is 2.65 bits per heavy atom. The predicted molar refractivity (Wildman–Crippen MR) is 69.1 cm³/mol. The highest BCUT2D eigenvalue weighted by Gasteiger charge is 2.35. The van der Waals surface area contributed by atoms with Crippen molar-refractivity contribution in [2.75, 3.05) is 17.2 Å². The number of nitrogens with one attached hydrogen (secondary N) is 2. The molecule has 0 atom stereocenters. The lowest BCUT2D eigenvalue weighted by atomic mass is 9.80. The molecule has 0 saturated heterocycles. The fourth-order valence-corrected chi connectivity index (χ4v) is 3.06. The van der Waals surface area contributed by atoms with Crippen molar-refractivity contribution >= 4 is 11.4 Å². The highest BCUT2D eigenvalue weighted by atomic mass is 19.1. The Kier molecular flexibility index (Phi) is 2.49. The van der Waals surface area contributed by atoms with Gasteiger partial charge in [-0.2, -0.15) is 0 Å². The van der Waals surface area contributed by atoms with E-state index in [1.165, 1.54) is 32.1 Å². The molecule has 2 nitrogen and oxygen atoms in total. The van der Waals surface area contributed by atoms with Gasteiger partial charge in [-0.3, -0.25) is 0 Å². The van der Waals surface area contributed by atoms with Crippen LogP contribution in [0.4, 0.5) is 15.8 Å². The first-order chi connectivity index (χ1) is 8.19. The van der Waals surface area contributed by atoms with Crippen LogP contribution in [-0.2, 0) is 0 Å². The van der Waals surface area contributed by atoms with Gasteiger partial charge in [-0.15, -0.1) is 0 Å². The summed E-state index contributed by atoms with van der Waals surface area (Å²) in [7, 11) is 0. The van der Waals surface area contributed by atoms with Gasteiger partial charge in [0.05, 0.1) is 16.9 Å². The van der Waals surface area contributed by atoms with Crippen LogP contribution >= 0.6 is 0 Å². The van der Waals surface area contributed by atoms with Gasteiger partial charge in [0.15, 0.2) is 0 Å². The van der Waals surface area contributed by atoms with Gasteiger partial charge in [0.1, 0.15) is 5.82 Å². The van der Waals surface area contributed by atoms with Crippen molar-refractivity contribution < 1.29 is 4.39 Å². The number of benzene rings is 1. The van der Waals surface area contributed by atoms with E-state index in [1.54, 1.807) is 6.07 Å². The van der Waals surface area contributed by atoms with Gasteiger partial charge in [0.2, 0.25) is 0 Å². The van der Waals surface area contributed by atoms with E-state index in [-0.39, 0.29) is 11.4 Å². The van der Waals surface area contributed by atoms with Gasteiger partial charge in [0, 0.05) is 6.54 Å². The fourth-order valence-electron chi connectivity index (χ4n) is 3.06. The van der Waals surface area contributed by atoms with Crippen molar-refractivity contribution in [2.24, 2.45) is 0 Å². The van der Waals surface area contributed by atoms with E-state index in [4.69, 9.17) is 0 Å². The molecule has 3 rings (SSSR count). The summed E-state index contributed by atoms with van der Waals surface area (Å²) in [5.74, 6) is -0.127. The largest absolute Gasteiger partial charge is 0.381 e. The number of fused-ring (bicyclic) bond motifs is 1. The molecule has 1 aliphatic heterocycles. The summed E-state index contributed by atoms with van der Waals surface area (Å²) >= 11 is 0. The monoisotopic (exact) mass is 234 g/mol. The molecule has 1 saturated carbocycles. The molecular formula is C14H19FN2. The number of hydrogen-bond acceptors (Lipinski definition) is 2. The van der Waals surface area contributed by atoms with Crippen LogP contribution in [0.25, 0.3) is 0 Å². The van der Waals surface area contributed by atoms with Gasteiger partial charge >= 0.3 is 0 Å². The van der Waals surface area contributed by atoms with E-state index in [9.17, 15) is 4.39 Å².